The molecule has 0 spiro atoms. The van der Waals surface area contributed by atoms with E-state index in [9.17, 15) is 10.1 Å². The number of hydrogen-bond acceptors (Lipinski definition) is 2. The van der Waals surface area contributed by atoms with Gasteiger partial charge in [0.25, 0.3) is 0 Å². The van der Waals surface area contributed by atoms with Crippen LogP contribution in [0.3, 0.4) is 0 Å². The molecular weight excluding hydrogens is 202 g/mol. The summed E-state index contributed by atoms with van der Waals surface area (Å²) in [5.41, 5.74) is 2.36. The van der Waals surface area contributed by atoms with E-state index < -0.39 is 0 Å². The summed E-state index contributed by atoms with van der Waals surface area (Å²) in [4.78, 5) is 10.1. The molecule has 1 aromatic rings. The number of hydrogen-bond donors (Lipinski definition) is 0. The first-order chi connectivity index (χ1) is 7.30. The molecule has 0 aromatic heterocycles. The third kappa shape index (κ3) is 3.19. The van der Waals surface area contributed by atoms with Gasteiger partial charge < -0.3 is 0 Å². The molecule has 0 N–H and O–H groups in total. The maximum Gasteiger partial charge on any atom is 0.243 e. The maximum atomic E-state index is 10.5. The van der Waals surface area contributed by atoms with Gasteiger partial charge in [-0.3, -0.25) is 10.1 Å². The van der Waals surface area contributed by atoms with Crippen molar-refractivity contribution in [2.75, 3.05) is 0 Å². The Morgan fingerprint density at radius 1 is 1.25 bits per heavy atom. The Morgan fingerprint density at radius 2 is 1.75 bits per heavy atom. The van der Waals surface area contributed by atoms with Crippen molar-refractivity contribution in [3.63, 3.8) is 0 Å². The highest BCUT2D eigenvalue weighted by Gasteiger charge is 2.12. The molecule has 16 heavy (non-hydrogen) atoms. The van der Waals surface area contributed by atoms with Crippen LogP contribution in [0.1, 0.15) is 38.8 Å². The Kier molecular flexibility index (Phi) is 3.48. The van der Waals surface area contributed by atoms with Gasteiger partial charge in [0, 0.05) is 13.0 Å². The first kappa shape index (κ1) is 12.4. The highest BCUT2D eigenvalue weighted by molar-refractivity contribution is 5.51. The van der Waals surface area contributed by atoms with E-state index >= 15 is 0 Å². The van der Waals surface area contributed by atoms with Crippen LogP contribution >= 0.6 is 0 Å². The number of nitro groups is 1. The molecule has 3 heteroatoms. The van der Waals surface area contributed by atoms with Crippen molar-refractivity contribution < 1.29 is 4.92 Å². The molecule has 0 saturated carbocycles. The average Bonchev–Trinajstić information content (AvgIpc) is 2.17. The monoisotopic (exact) mass is 219 g/mol. The summed E-state index contributed by atoms with van der Waals surface area (Å²) in [6, 6.07) is 7.85. The molecule has 0 fully saturated rings. The average molecular weight is 219 g/mol. The number of benzene rings is 1. The number of allylic oxidation sites excluding steroid dienone is 1. The Balaban J connectivity index is 2.97. The maximum absolute atomic E-state index is 10.5. The van der Waals surface area contributed by atoms with E-state index in [1.54, 1.807) is 6.08 Å². The van der Waals surface area contributed by atoms with Crippen molar-refractivity contribution >= 4 is 6.08 Å². The summed E-state index contributed by atoms with van der Waals surface area (Å²) < 4.78 is 0. The van der Waals surface area contributed by atoms with Crippen LogP contribution in [0.2, 0.25) is 0 Å². The molecular formula is C13H17NO2. The first-order valence-electron chi connectivity index (χ1n) is 5.24. The quantitative estimate of drug-likeness (QED) is 0.563. The third-order valence-electron chi connectivity index (χ3n) is 2.44. The van der Waals surface area contributed by atoms with E-state index in [4.69, 9.17) is 0 Å². The Labute approximate surface area is 95.9 Å². The molecule has 1 rings (SSSR count). The second-order valence-corrected chi connectivity index (χ2v) is 4.91. The lowest BCUT2D eigenvalue weighted by atomic mass is 9.87. The molecule has 0 saturated heterocycles. The van der Waals surface area contributed by atoms with Crippen LogP contribution in [0, 0.1) is 10.1 Å². The van der Waals surface area contributed by atoms with Gasteiger partial charge in [0.05, 0.1) is 4.92 Å². The predicted octanol–water partition coefficient (Wildman–Crippen LogP) is 3.62. The molecule has 0 aliphatic heterocycles. The van der Waals surface area contributed by atoms with Crippen molar-refractivity contribution in [1.29, 1.82) is 0 Å². The first-order valence-corrected chi connectivity index (χ1v) is 5.24. The minimum absolute atomic E-state index is 0.112. The Hall–Kier alpha value is -1.64. The van der Waals surface area contributed by atoms with Crippen molar-refractivity contribution in [3.8, 4) is 0 Å². The van der Waals surface area contributed by atoms with Gasteiger partial charge in [0.2, 0.25) is 5.70 Å². The van der Waals surface area contributed by atoms with Crippen LogP contribution < -0.4 is 0 Å². The Morgan fingerprint density at radius 3 is 2.12 bits per heavy atom. The van der Waals surface area contributed by atoms with E-state index in [0.29, 0.717) is 0 Å². The fourth-order valence-corrected chi connectivity index (χ4v) is 1.37. The molecule has 0 heterocycles. The summed E-state index contributed by atoms with van der Waals surface area (Å²) in [5, 5.41) is 10.5. The van der Waals surface area contributed by atoms with Gasteiger partial charge in [0.15, 0.2) is 0 Å². The zero-order valence-corrected chi connectivity index (χ0v) is 10.2. The van der Waals surface area contributed by atoms with Gasteiger partial charge in [0.1, 0.15) is 0 Å². The fraction of sp³-hybridized carbons (Fsp3) is 0.385. The molecule has 0 atom stereocenters. The highest BCUT2D eigenvalue weighted by Crippen LogP contribution is 2.22. The highest BCUT2D eigenvalue weighted by atomic mass is 16.6. The van der Waals surface area contributed by atoms with Crippen LogP contribution in [-0.2, 0) is 5.41 Å². The lowest BCUT2D eigenvalue weighted by Gasteiger charge is -2.18. The van der Waals surface area contributed by atoms with Crippen molar-refractivity contribution in [2.45, 2.75) is 33.1 Å². The second kappa shape index (κ2) is 4.47. The smallest absolute Gasteiger partial charge is 0.243 e. The van der Waals surface area contributed by atoms with Crippen LogP contribution in [0.25, 0.3) is 6.08 Å². The predicted molar refractivity (Wildman–Crippen MR) is 65.8 cm³/mol. The lowest BCUT2D eigenvalue weighted by molar-refractivity contribution is -0.422. The molecule has 86 valence electrons. The summed E-state index contributed by atoms with van der Waals surface area (Å²) in [6.45, 7) is 7.91. The topological polar surface area (TPSA) is 43.1 Å². The third-order valence-corrected chi connectivity index (χ3v) is 2.44. The SMILES string of the molecule is C/C(=C/c1ccc(C(C)(C)C)cc1)[N+](=O)[O-]. The lowest BCUT2D eigenvalue weighted by Crippen LogP contribution is -2.10. The van der Waals surface area contributed by atoms with E-state index in [0.717, 1.165) is 5.56 Å². The van der Waals surface area contributed by atoms with Gasteiger partial charge >= 0.3 is 0 Å². The van der Waals surface area contributed by atoms with Crippen LogP contribution in [0.5, 0.6) is 0 Å². The number of nitrogens with zero attached hydrogens (tertiary/aromatic N) is 1. The van der Waals surface area contributed by atoms with Crippen molar-refractivity contribution in [3.05, 3.63) is 51.2 Å². The molecule has 0 unspecified atom stereocenters. The number of rotatable bonds is 2. The zero-order chi connectivity index (χ0) is 12.3. The van der Waals surface area contributed by atoms with E-state index in [1.807, 2.05) is 24.3 Å². The zero-order valence-electron chi connectivity index (χ0n) is 10.2. The fourth-order valence-electron chi connectivity index (χ4n) is 1.37. The normalized spacial score (nSPS) is 12.6. The van der Waals surface area contributed by atoms with Crippen LogP contribution in [-0.4, -0.2) is 4.92 Å². The molecule has 0 aliphatic rings. The van der Waals surface area contributed by atoms with Crippen molar-refractivity contribution in [1.82, 2.24) is 0 Å². The molecule has 0 radical (unpaired) electrons. The van der Waals surface area contributed by atoms with Gasteiger partial charge in [-0.1, -0.05) is 45.0 Å². The van der Waals surface area contributed by atoms with Crippen LogP contribution in [0.15, 0.2) is 30.0 Å². The summed E-state index contributed by atoms with van der Waals surface area (Å²) in [6.07, 6.45) is 1.58. The van der Waals surface area contributed by atoms with Gasteiger partial charge in [-0.05, 0) is 16.5 Å². The minimum atomic E-state index is -0.377. The Bertz CT molecular complexity index is 411. The van der Waals surface area contributed by atoms with E-state index in [-0.39, 0.29) is 16.0 Å². The molecule has 1 aromatic carbocycles. The van der Waals surface area contributed by atoms with E-state index in [2.05, 4.69) is 20.8 Å². The summed E-state index contributed by atoms with van der Waals surface area (Å²) >= 11 is 0. The second-order valence-electron chi connectivity index (χ2n) is 4.91. The standard InChI is InChI=1S/C13H17NO2/c1-10(14(15)16)9-11-5-7-12(8-6-11)13(2,3)4/h5-9H,1-4H3/b10-9-. The largest absolute Gasteiger partial charge is 0.259 e. The van der Waals surface area contributed by atoms with Gasteiger partial charge in [-0.15, -0.1) is 0 Å². The minimum Gasteiger partial charge on any atom is -0.259 e. The molecule has 0 bridgehead atoms. The van der Waals surface area contributed by atoms with E-state index in [1.165, 1.54) is 12.5 Å². The molecule has 0 aliphatic carbocycles. The van der Waals surface area contributed by atoms with Crippen molar-refractivity contribution in [2.24, 2.45) is 0 Å². The van der Waals surface area contributed by atoms with Crippen LogP contribution in [0.4, 0.5) is 0 Å². The summed E-state index contributed by atoms with van der Waals surface area (Å²) in [5.74, 6) is 0. The van der Waals surface area contributed by atoms with Gasteiger partial charge in [-0.25, -0.2) is 0 Å². The molecule has 3 nitrogen and oxygen atoms in total. The molecule has 0 amide bonds. The van der Waals surface area contributed by atoms with Gasteiger partial charge in [-0.2, -0.15) is 0 Å². The summed E-state index contributed by atoms with van der Waals surface area (Å²) in [7, 11) is 0.